The Labute approximate surface area is 93.0 Å². The zero-order valence-electron chi connectivity index (χ0n) is 9.74. The van der Waals surface area contributed by atoms with E-state index in [1.807, 2.05) is 0 Å². The molecule has 0 nitrogen and oxygen atoms in total. The lowest BCUT2D eigenvalue weighted by Gasteiger charge is -2.28. The molecule has 1 saturated carbocycles. The lowest BCUT2D eigenvalue weighted by atomic mass is 9.78. The Morgan fingerprint density at radius 2 is 1.60 bits per heavy atom. The Balaban J connectivity index is 2.24. The molecular formula is C15H20. The Bertz CT molecular complexity index is 322. The molecule has 1 aliphatic rings. The highest BCUT2D eigenvalue weighted by Crippen LogP contribution is 2.34. The molecule has 2 rings (SSSR count). The average molecular weight is 200 g/mol. The third-order valence-electron chi connectivity index (χ3n) is 3.55. The van der Waals surface area contributed by atoms with E-state index >= 15 is 0 Å². The van der Waals surface area contributed by atoms with Crippen molar-refractivity contribution in [1.82, 2.24) is 0 Å². The summed E-state index contributed by atoms with van der Waals surface area (Å²) in [6, 6.07) is 10.7. The maximum Gasteiger partial charge on any atom is -0.0226 e. The zero-order chi connectivity index (χ0) is 10.7. The number of benzene rings is 1. The quantitative estimate of drug-likeness (QED) is 0.625. The van der Waals surface area contributed by atoms with Gasteiger partial charge in [0.1, 0.15) is 0 Å². The second-order valence-corrected chi connectivity index (χ2v) is 4.79. The molecule has 1 aromatic rings. The first-order valence-electron chi connectivity index (χ1n) is 6.04. The summed E-state index contributed by atoms with van der Waals surface area (Å²) in [7, 11) is 0. The van der Waals surface area contributed by atoms with Gasteiger partial charge in [0, 0.05) is 0 Å². The van der Waals surface area contributed by atoms with Crippen molar-refractivity contribution in [3.63, 3.8) is 0 Å². The monoisotopic (exact) mass is 200 g/mol. The molecule has 1 fully saturated rings. The van der Waals surface area contributed by atoms with E-state index in [2.05, 4.69) is 50.3 Å². The molecule has 0 bridgehead atoms. The van der Waals surface area contributed by atoms with Crippen LogP contribution < -0.4 is 0 Å². The molecule has 0 radical (unpaired) electrons. The van der Waals surface area contributed by atoms with Crippen LogP contribution in [0.2, 0.25) is 0 Å². The molecule has 1 aliphatic carbocycles. The van der Waals surface area contributed by atoms with Crippen molar-refractivity contribution >= 4 is 6.08 Å². The van der Waals surface area contributed by atoms with Crippen LogP contribution in [0.3, 0.4) is 0 Å². The van der Waals surface area contributed by atoms with Gasteiger partial charge in [0.2, 0.25) is 0 Å². The first-order chi connectivity index (χ1) is 7.27. The van der Waals surface area contributed by atoms with Crippen molar-refractivity contribution in [2.24, 2.45) is 11.8 Å². The summed E-state index contributed by atoms with van der Waals surface area (Å²) in [5, 5.41) is 0. The smallest absolute Gasteiger partial charge is 0.0226 e. The summed E-state index contributed by atoms with van der Waals surface area (Å²) in [5.41, 5.74) is 3.00. The van der Waals surface area contributed by atoms with Crippen molar-refractivity contribution in [3.8, 4) is 0 Å². The minimum Gasteiger partial charge on any atom is -0.0640 e. The molecule has 80 valence electrons. The van der Waals surface area contributed by atoms with Crippen molar-refractivity contribution in [2.75, 3.05) is 0 Å². The molecule has 0 aromatic heterocycles. The summed E-state index contributed by atoms with van der Waals surface area (Å²) >= 11 is 0. The lowest BCUT2D eigenvalue weighted by Crippen LogP contribution is -2.14. The summed E-state index contributed by atoms with van der Waals surface area (Å²) in [5.74, 6) is 1.54. The van der Waals surface area contributed by atoms with E-state index in [1.165, 1.54) is 24.8 Å². The molecular weight excluding hydrogens is 180 g/mol. The van der Waals surface area contributed by atoms with Crippen LogP contribution >= 0.6 is 0 Å². The van der Waals surface area contributed by atoms with Crippen LogP contribution in [0.15, 0.2) is 35.9 Å². The topological polar surface area (TPSA) is 0 Å². The highest BCUT2D eigenvalue weighted by molar-refractivity contribution is 5.53. The normalized spacial score (nSPS) is 26.4. The van der Waals surface area contributed by atoms with Gasteiger partial charge < -0.3 is 0 Å². The Kier molecular flexibility index (Phi) is 3.25. The van der Waals surface area contributed by atoms with E-state index in [0.717, 1.165) is 11.8 Å². The van der Waals surface area contributed by atoms with Crippen LogP contribution in [0.5, 0.6) is 0 Å². The molecule has 0 saturated heterocycles. The molecule has 0 unspecified atom stereocenters. The third kappa shape index (κ3) is 2.50. The lowest BCUT2D eigenvalue weighted by molar-refractivity contribution is 0.408. The van der Waals surface area contributed by atoms with E-state index in [9.17, 15) is 0 Å². The fourth-order valence-corrected chi connectivity index (χ4v) is 2.58. The molecule has 0 heterocycles. The van der Waals surface area contributed by atoms with Gasteiger partial charge in [0.25, 0.3) is 0 Å². The summed E-state index contributed by atoms with van der Waals surface area (Å²) in [6.45, 7) is 4.73. The summed E-state index contributed by atoms with van der Waals surface area (Å²) in [4.78, 5) is 0. The van der Waals surface area contributed by atoms with Gasteiger partial charge in [-0.3, -0.25) is 0 Å². The van der Waals surface area contributed by atoms with Crippen molar-refractivity contribution in [3.05, 3.63) is 41.5 Å². The van der Waals surface area contributed by atoms with Crippen LogP contribution in [0, 0.1) is 11.8 Å². The summed E-state index contributed by atoms with van der Waals surface area (Å²) in [6.07, 6.45) is 6.52. The van der Waals surface area contributed by atoms with E-state index in [0.29, 0.717) is 0 Å². The highest BCUT2D eigenvalue weighted by Gasteiger charge is 2.20. The largest absolute Gasteiger partial charge is 0.0640 e. The molecule has 0 heteroatoms. The highest BCUT2D eigenvalue weighted by atomic mass is 14.3. The Hall–Kier alpha value is -1.04. The van der Waals surface area contributed by atoms with Gasteiger partial charge in [0.15, 0.2) is 0 Å². The zero-order valence-corrected chi connectivity index (χ0v) is 9.74. The van der Waals surface area contributed by atoms with Crippen LogP contribution in [0.1, 0.15) is 38.7 Å². The Morgan fingerprint density at radius 1 is 1.00 bits per heavy atom. The molecule has 0 spiro atoms. The fraction of sp³-hybridized carbons (Fsp3) is 0.467. The second kappa shape index (κ2) is 4.65. The van der Waals surface area contributed by atoms with Gasteiger partial charge in [-0.15, -0.1) is 0 Å². The third-order valence-corrected chi connectivity index (χ3v) is 3.55. The van der Waals surface area contributed by atoms with Crippen LogP contribution in [-0.2, 0) is 0 Å². The first kappa shape index (κ1) is 10.5. The minimum atomic E-state index is 0.772. The van der Waals surface area contributed by atoms with Gasteiger partial charge in [-0.25, -0.2) is 0 Å². The van der Waals surface area contributed by atoms with E-state index in [4.69, 9.17) is 0 Å². The molecule has 2 atom stereocenters. The number of rotatable bonds is 1. The van der Waals surface area contributed by atoms with Crippen molar-refractivity contribution < 1.29 is 0 Å². The first-order valence-corrected chi connectivity index (χ1v) is 6.04. The SMILES string of the molecule is C[C@@H]1CCC[C@@H](C)C1=Cc1ccccc1. The number of hydrogen-bond acceptors (Lipinski definition) is 0. The van der Waals surface area contributed by atoms with Gasteiger partial charge in [-0.05, 0) is 30.2 Å². The van der Waals surface area contributed by atoms with Crippen LogP contribution in [0.4, 0.5) is 0 Å². The maximum absolute atomic E-state index is 2.40. The van der Waals surface area contributed by atoms with E-state index in [1.54, 1.807) is 5.57 Å². The average Bonchev–Trinajstić information content (AvgIpc) is 2.25. The van der Waals surface area contributed by atoms with Gasteiger partial charge in [-0.2, -0.15) is 0 Å². The van der Waals surface area contributed by atoms with Crippen LogP contribution in [0.25, 0.3) is 6.08 Å². The predicted octanol–water partition coefficient (Wildman–Crippen LogP) is 4.53. The second-order valence-electron chi connectivity index (χ2n) is 4.79. The maximum atomic E-state index is 2.40. The van der Waals surface area contributed by atoms with Gasteiger partial charge >= 0.3 is 0 Å². The van der Waals surface area contributed by atoms with Gasteiger partial charge in [0.05, 0.1) is 0 Å². The minimum absolute atomic E-state index is 0.772. The number of allylic oxidation sites excluding steroid dienone is 1. The predicted molar refractivity (Wildman–Crippen MR) is 66.6 cm³/mol. The summed E-state index contributed by atoms with van der Waals surface area (Å²) < 4.78 is 0. The molecule has 0 aliphatic heterocycles. The Morgan fingerprint density at radius 3 is 2.20 bits per heavy atom. The van der Waals surface area contributed by atoms with E-state index < -0.39 is 0 Å². The molecule has 0 amide bonds. The molecule has 15 heavy (non-hydrogen) atoms. The number of hydrogen-bond donors (Lipinski definition) is 0. The standard InChI is InChI=1S/C15H20/c1-12-7-6-8-13(2)15(12)11-14-9-4-3-5-10-14/h3-5,9-13H,6-8H2,1-2H3/t12-,13-/m1/s1. The van der Waals surface area contributed by atoms with E-state index in [-0.39, 0.29) is 0 Å². The van der Waals surface area contributed by atoms with Crippen LogP contribution in [-0.4, -0.2) is 0 Å². The van der Waals surface area contributed by atoms with Gasteiger partial charge in [-0.1, -0.05) is 62.2 Å². The fourth-order valence-electron chi connectivity index (χ4n) is 2.58. The van der Waals surface area contributed by atoms with Crippen molar-refractivity contribution in [2.45, 2.75) is 33.1 Å². The van der Waals surface area contributed by atoms with Crippen molar-refractivity contribution in [1.29, 1.82) is 0 Å². The molecule has 0 N–H and O–H groups in total. The molecule has 1 aromatic carbocycles.